The number of aryl methyl sites for hydroxylation is 1. The van der Waals surface area contributed by atoms with Crippen LogP contribution in [0.5, 0.6) is 0 Å². The van der Waals surface area contributed by atoms with Crippen molar-refractivity contribution < 1.29 is 14.6 Å². The molecule has 0 amide bonds. The summed E-state index contributed by atoms with van der Waals surface area (Å²) in [6, 6.07) is 1.94. The number of methoxy groups -OCH3 is 1. The topological polar surface area (TPSA) is 43.6 Å². The van der Waals surface area contributed by atoms with Crippen molar-refractivity contribution in [1.29, 1.82) is 0 Å². The van der Waals surface area contributed by atoms with Crippen LogP contribution in [0.4, 0.5) is 0 Å². The summed E-state index contributed by atoms with van der Waals surface area (Å²) in [5, 5.41) is 9.35. The highest BCUT2D eigenvalue weighted by Crippen LogP contribution is 2.11. The summed E-state index contributed by atoms with van der Waals surface area (Å²) in [5.74, 6) is 0. The Hall–Kier alpha value is -0.840. The summed E-state index contributed by atoms with van der Waals surface area (Å²) in [5.41, 5.74) is 0.959. The summed E-state index contributed by atoms with van der Waals surface area (Å²) in [6.07, 6.45) is 4.54. The van der Waals surface area contributed by atoms with Crippen LogP contribution in [0.15, 0.2) is 18.5 Å². The Balaban J connectivity index is 2.12. The van der Waals surface area contributed by atoms with Crippen molar-refractivity contribution in [2.75, 3.05) is 26.9 Å². The van der Waals surface area contributed by atoms with Crippen molar-refractivity contribution in [2.45, 2.75) is 26.0 Å². The van der Waals surface area contributed by atoms with Crippen LogP contribution in [0.2, 0.25) is 0 Å². The molecule has 1 rings (SSSR count). The zero-order valence-corrected chi connectivity index (χ0v) is 10.1. The quantitative estimate of drug-likeness (QED) is 0.686. The van der Waals surface area contributed by atoms with Gasteiger partial charge in [-0.3, -0.25) is 0 Å². The van der Waals surface area contributed by atoms with Gasteiger partial charge in [-0.15, -0.1) is 0 Å². The number of aliphatic hydroxyl groups is 1. The molecule has 1 atom stereocenters. The fraction of sp³-hybridized carbons (Fsp3) is 0.667. The summed E-state index contributed by atoms with van der Waals surface area (Å²) in [6.45, 7) is 4.73. The van der Waals surface area contributed by atoms with Gasteiger partial charge in [-0.05, 0) is 25.0 Å². The molecule has 1 aromatic rings. The van der Waals surface area contributed by atoms with E-state index in [1.165, 1.54) is 0 Å². The molecule has 0 spiro atoms. The third-order valence-corrected chi connectivity index (χ3v) is 2.39. The lowest BCUT2D eigenvalue weighted by Crippen LogP contribution is -2.05. The van der Waals surface area contributed by atoms with E-state index in [-0.39, 0.29) is 6.10 Å². The molecule has 0 aliphatic heterocycles. The predicted molar refractivity (Wildman–Crippen MR) is 62.4 cm³/mol. The van der Waals surface area contributed by atoms with Gasteiger partial charge in [-0.25, -0.2) is 0 Å². The predicted octanol–water partition coefficient (Wildman–Crippen LogP) is 1.59. The zero-order chi connectivity index (χ0) is 11.8. The van der Waals surface area contributed by atoms with Gasteiger partial charge in [0, 0.05) is 32.7 Å². The number of rotatable bonds is 8. The Morgan fingerprint density at radius 3 is 2.81 bits per heavy atom. The van der Waals surface area contributed by atoms with E-state index in [1.54, 1.807) is 14.0 Å². The highest BCUT2D eigenvalue weighted by atomic mass is 16.5. The molecule has 1 aromatic heterocycles. The summed E-state index contributed by atoms with van der Waals surface area (Å²) >= 11 is 0. The maximum atomic E-state index is 9.35. The standard InChI is InChI=1S/C12H21NO3/c1-11(14)12-4-6-13(10-12)5-3-7-16-9-8-15-2/h4,6,10-11,14H,3,5,7-9H2,1-2H3. The van der Waals surface area contributed by atoms with Gasteiger partial charge in [0.25, 0.3) is 0 Å². The third kappa shape index (κ3) is 4.79. The Labute approximate surface area is 96.8 Å². The highest BCUT2D eigenvalue weighted by molar-refractivity contribution is 5.12. The van der Waals surface area contributed by atoms with E-state index in [9.17, 15) is 5.11 Å². The molecule has 92 valence electrons. The molecular formula is C12H21NO3. The van der Waals surface area contributed by atoms with Crippen molar-refractivity contribution in [3.63, 3.8) is 0 Å². The number of hydrogen-bond donors (Lipinski definition) is 1. The van der Waals surface area contributed by atoms with Gasteiger partial charge in [0.05, 0.1) is 19.3 Å². The summed E-state index contributed by atoms with van der Waals surface area (Å²) < 4.78 is 12.3. The van der Waals surface area contributed by atoms with Gasteiger partial charge in [0.1, 0.15) is 0 Å². The Bertz CT molecular complexity index is 284. The average molecular weight is 227 g/mol. The first-order chi connectivity index (χ1) is 7.74. The third-order valence-electron chi connectivity index (χ3n) is 2.39. The van der Waals surface area contributed by atoms with Crippen molar-refractivity contribution in [1.82, 2.24) is 4.57 Å². The Morgan fingerprint density at radius 1 is 1.38 bits per heavy atom. The van der Waals surface area contributed by atoms with Gasteiger partial charge >= 0.3 is 0 Å². The lowest BCUT2D eigenvalue weighted by Gasteiger charge is -2.05. The van der Waals surface area contributed by atoms with E-state index in [2.05, 4.69) is 4.57 Å². The molecule has 1 heterocycles. The monoisotopic (exact) mass is 227 g/mol. The van der Waals surface area contributed by atoms with Crippen LogP contribution in [0.1, 0.15) is 25.0 Å². The van der Waals surface area contributed by atoms with Gasteiger partial charge in [-0.2, -0.15) is 0 Å². The number of nitrogens with zero attached hydrogens (tertiary/aromatic N) is 1. The molecule has 1 unspecified atom stereocenters. The van der Waals surface area contributed by atoms with Crippen LogP contribution in [0, 0.1) is 0 Å². The average Bonchev–Trinajstić information content (AvgIpc) is 2.72. The van der Waals surface area contributed by atoms with Gasteiger partial charge < -0.3 is 19.1 Å². The van der Waals surface area contributed by atoms with Gasteiger partial charge in [0.2, 0.25) is 0 Å². The number of hydrogen-bond acceptors (Lipinski definition) is 3. The second-order valence-electron chi connectivity index (χ2n) is 3.82. The molecule has 0 radical (unpaired) electrons. The molecule has 16 heavy (non-hydrogen) atoms. The second kappa shape index (κ2) is 7.44. The van der Waals surface area contributed by atoms with Crippen LogP contribution in [-0.2, 0) is 16.0 Å². The smallest absolute Gasteiger partial charge is 0.0776 e. The first-order valence-electron chi connectivity index (χ1n) is 5.64. The SMILES string of the molecule is COCCOCCCn1ccc(C(C)O)c1. The fourth-order valence-corrected chi connectivity index (χ4v) is 1.44. The maximum absolute atomic E-state index is 9.35. The Morgan fingerprint density at radius 2 is 2.19 bits per heavy atom. The van der Waals surface area contributed by atoms with E-state index < -0.39 is 0 Å². The normalized spacial score (nSPS) is 12.9. The second-order valence-corrected chi connectivity index (χ2v) is 3.82. The van der Waals surface area contributed by atoms with E-state index in [1.807, 2.05) is 18.5 Å². The minimum atomic E-state index is -0.390. The molecule has 0 saturated carbocycles. The van der Waals surface area contributed by atoms with Crippen LogP contribution >= 0.6 is 0 Å². The van der Waals surface area contributed by atoms with E-state index in [0.29, 0.717) is 13.2 Å². The van der Waals surface area contributed by atoms with Crippen LogP contribution < -0.4 is 0 Å². The van der Waals surface area contributed by atoms with Crippen molar-refractivity contribution in [3.8, 4) is 0 Å². The minimum absolute atomic E-state index is 0.390. The zero-order valence-electron chi connectivity index (χ0n) is 10.1. The van der Waals surface area contributed by atoms with E-state index in [4.69, 9.17) is 9.47 Å². The van der Waals surface area contributed by atoms with Crippen LogP contribution in [-0.4, -0.2) is 36.6 Å². The largest absolute Gasteiger partial charge is 0.389 e. The van der Waals surface area contributed by atoms with Gasteiger partial charge in [0.15, 0.2) is 0 Å². The fourth-order valence-electron chi connectivity index (χ4n) is 1.44. The number of aromatic nitrogens is 1. The van der Waals surface area contributed by atoms with E-state index >= 15 is 0 Å². The van der Waals surface area contributed by atoms with Crippen molar-refractivity contribution >= 4 is 0 Å². The minimum Gasteiger partial charge on any atom is -0.389 e. The summed E-state index contributed by atoms with van der Waals surface area (Å²) in [7, 11) is 1.67. The maximum Gasteiger partial charge on any atom is 0.0776 e. The lowest BCUT2D eigenvalue weighted by molar-refractivity contribution is 0.0680. The van der Waals surface area contributed by atoms with Crippen LogP contribution in [0.3, 0.4) is 0 Å². The van der Waals surface area contributed by atoms with Crippen LogP contribution in [0.25, 0.3) is 0 Å². The first-order valence-corrected chi connectivity index (χ1v) is 5.64. The molecule has 1 N–H and O–H groups in total. The van der Waals surface area contributed by atoms with E-state index in [0.717, 1.165) is 25.1 Å². The molecule has 0 fully saturated rings. The van der Waals surface area contributed by atoms with Crippen molar-refractivity contribution in [3.05, 3.63) is 24.0 Å². The number of ether oxygens (including phenoxy) is 2. The highest BCUT2D eigenvalue weighted by Gasteiger charge is 2.02. The lowest BCUT2D eigenvalue weighted by atomic mass is 10.2. The Kier molecular flexibility index (Phi) is 6.15. The number of aliphatic hydroxyl groups excluding tert-OH is 1. The van der Waals surface area contributed by atoms with Crippen molar-refractivity contribution in [2.24, 2.45) is 0 Å². The molecule has 4 nitrogen and oxygen atoms in total. The van der Waals surface area contributed by atoms with Gasteiger partial charge in [-0.1, -0.05) is 0 Å². The molecule has 0 aliphatic carbocycles. The molecule has 0 aromatic carbocycles. The molecular weight excluding hydrogens is 206 g/mol. The molecule has 4 heteroatoms. The summed E-state index contributed by atoms with van der Waals surface area (Å²) in [4.78, 5) is 0. The molecule has 0 bridgehead atoms. The molecule has 0 aliphatic rings. The first kappa shape index (κ1) is 13.2. The molecule has 0 saturated heterocycles.